The molecule has 1 aliphatic carbocycles. The molecule has 5 heterocycles. The first-order chi connectivity index (χ1) is 19.2. The number of piperidine rings is 1. The molecule has 2 aliphatic rings. The van der Waals surface area contributed by atoms with Crippen molar-refractivity contribution in [2.75, 3.05) is 18.4 Å². The van der Waals surface area contributed by atoms with E-state index in [-0.39, 0.29) is 11.7 Å². The standard InChI is InChI=1S/C28H29N9O2/c1-2-14-35-27(38)22-17-30-28(32-19-6-9-23-18(15-19)16-31-36(23)20-7-8-20)34-26(22)37(35)24-4-3-5-25(33-24)39-21-10-12-29-13-11-21/h2-6,9,15-17,20-21,29H,1,7-8,10-14H2,(H,30,32,34). The van der Waals surface area contributed by atoms with E-state index in [2.05, 4.69) is 38.0 Å². The van der Waals surface area contributed by atoms with Crippen molar-refractivity contribution in [2.45, 2.75) is 44.4 Å². The van der Waals surface area contributed by atoms with Crippen LogP contribution < -0.4 is 20.9 Å². The monoisotopic (exact) mass is 523 g/mol. The van der Waals surface area contributed by atoms with E-state index in [1.54, 1.807) is 21.6 Å². The fourth-order valence-corrected chi connectivity index (χ4v) is 5.15. The van der Waals surface area contributed by atoms with Crippen LogP contribution in [0.2, 0.25) is 0 Å². The highest BCUT2D eigenvalue weighted by Gasteiger charge is 2.26. The van der Waals surface area contributed by atoms with E-state index in [9.17, 15) is 4.79 Å². The van der Waals surface area contributed by atoms with Crippen LogP contribution in [0.3, 0.4) is 0 Å². The third-order valence-corrected chi connectivity index (χ3v) is 7.22. The Balaban J connectivity index is 1.25. The topological polar surface area (TPSA) is 117 Å². The van der Waals surface area contributed by atoms with Crippen LogP contribution in [0.5, 0.6) is 5.88 Å². The van der Waals surface area contributed by atoms with Gasteiger partial charge in [0, 0.05) is 23.3 Å². The molecular weight excluding hydrogens is 494 g/mol. The maximum atomic E-state index is 13.3. The number of hydrogen-bond donors (Lipinski definition) is 2. The van der Waals surface area contributed by atoms with Gasteiger partial charge in [-0.1, -0.05) is 12.1 Å². The zero-order valence-corrected chi connectivity index (χ0v) is 21.5. The van der Waals surface area contributed by atoms with Crippen molar-refractivity contribution in [1.29, 1.82) is 0 Å². The maximum Gasteiger partial charge on any atom is 0.278 e. The van der Waals surface area contributed by atoms with Crippen molar-refractivity contribution in [3.8, 4) is 11.7 Å². The van der Waals surface area contributed by atoms with Crippen LogP contribution in [0.4, 0.5) is 11.6 Å². The predicted molar refractivity (Wildman–Crippen MR) is 149 cm³/mol. The number of hydrogen-bond acceptors (Lipinski definition) is 8. The van der Waals surface area contributed by atoms with E-state index >= 15 is 0 Å². The predicted octanol–water partition coefficient (Wildman–Crippen LogP) is 3.72. The summed E-state index contributed by atoms with van der Waals surface area (Å²) in [6, 6.07) is 12.2. The highest BCUT2D eigenvalue weighted by Crippen LogP contribution is 2.37. The lowest BCUT2D eigenvalue weighted by Gasteiger charge is -2.23. The number of pyridine rings is 1. The summed E-state index contributed by atoms with van der Waals surface area (Å²) in [4.78, 5) is 27.3. The summed E-state index contributed by atoms with van der Waals surface area (Å²) in [6.07, 6.45) is 9.44. The Morgan fingerprint density at radius 3 is 2.79 bits per heavy atom. The molecule has 2 fully saturated rings. The van der Waals surface area contributed by atoms with Gasteiger partial charge >= 0.3 is 0 Å². The molecule has 0 amide bonds. The first-order valence-corrected chi connectivity index (χ1v) is 13.4. The first kappa shape index (κ1) is 23.6. The van der Waals surface area contributed by atoms with Crippen molar-refractivity contribution < 1.29 is 4.74 Å². The summed E-state index contributed by atoms with van der Waals surface area (Å²) in [5, 5.41) is 12.6. The highest BCUT2D eigenvalue weighted by molar-refractivity contribution is 5.84. The van der Waals surface area contributed by atoms with Crippen molar-refractivity contribution in [3.05, 3.63) is 71.8 Å². The molecule has 1 saturated heterocycles. The maximum absolute atomic E-state index is 13.3. The lowest BCUT2D eigenvalue weighted by molar-refractivity contribution is 0.156. The summed E-state index contributed by atoms with van der Waals surface area (Å²) < 4.78 is 11.5. The van der Waals surface area contributed by atoms with Crippen molar-refractivity contribution in [1.82, 2.24) is 39.4 Å². The SMILES string of the molecule is C=CCn1c(=O)c2cnc(Nc3ccc4c(cnn4C4CC4)c3)nc2n1-c1cccc(OC2CCNCC2)n1. The van der Waals surface area contributed by atoms with Crippen molar-refractivity contribution in [3.63, 3.8) is 0 Å². The lowest BCUT2D eigenvalue weighted by Crippen LogP contribution is -2.34. The Bertz CT molecular complexity index is 1740. The Hall–Kier alpha value is -4.51. The summed E-state index contributed by atoms with van der Waals surface area (Å²) in [6.45, 7) is 5.97. The molecule has 0 unspecified atom stereocenters. The van der Waals surface area contributed by atoms with Gasteiger partial charge < -0.3 is 15.4 Å². The zero-order valence-electron chi connectivity index (χ0n) is 21.5. The molecule has 0 atom stereocenters. The molecule has 198 valence electrons. The van der Waals surface area contributed by atoms with Gasteiger partial charge in [-0.2, -0.15) is 15.1 Å². The lowest BCUT2D eigenvalue weighted by atomic mass is 10.1. The Kier molecular flexibility index (Phi) is 5.85. The smallest absolute Gasteiger partial charge is 0.278 e. The zero-order chi connectivity index (χ0) is 26.3. The molecule has 4 aromatic heterocycles. The van der Waals surface area contributed by atoms with E-state index in [1.807, 2.05) is 36.5 Å². The summed E-state index contributed by atoms with van der Waals surface area (Å²) in [5.41, 5.74) is 2.20. The Morgan fingerprint density at radius 2 is 1.97 bits per heavy atom. The van der Waals surface area contributed by atoms with Gasteiger partial charge in [0.15, 0.2) is 11.5 Å². The molecule has 7 rings (SSSR count). The van der Waals surface area contributed by atoms with E-state index in [0.717, 1.165) is 42.5 Å². The average Bonchev–Trinajstić information content (AvgIpc) is 3.66. The number of allylic oxidation sites excluding steroid dienone is 1. The van der Waals surface area contributed by atoms with E-state index < -0.39 is 0 Å². The second kappa shape index (κ2) is 9.66. The number of aromatic nitrogens is 7. The third-order valence-electron chi connectivity index (χ3n) is 7.22. The molecule has 5 aromatic rings. The molecule has 39 heavy (non-hydrogen) atoms. The number of fused-ring (bicyclic) bond motifs is 2. The molecule has 1 aliphatic heterocycles. The van der Waals surface area contributed by atoms with Gasteiger partial charge in [-0.05, 0) is 63.0 Å². The molecule has 0 bridgehead atoms. The van der Waals surface area contributed by atoms with Crippen LogP contribution in [0, 0.1) is 0 Å². The second-order valence-electron chi connectivity index (χ2n) is 10.0. The first-order valence-electron chi connectivity index (χ1n) is 13.4. The molecular formula is C28H29N9O2. The van der Waals surface area contributed by atoms with E-state index in [4.69, 9.17) is 14.7 Å². The molecule has 0 radical (unpaired) electrons. The fraction of sp³-hybridized carbons (Fsp3) is 0.321. The van der Waals surface area contributed by atoms with Crippen molar-refractivity contribution in [2.24, 2.45) is 0 Å². The van der Waals surface area contributed by atoms with Gasteiger partial charge in [0.25, 0.3) is 5.56 Å². The van der Waals surface area contributed by atoms with Crippen LogP contribution in [0.1, 0.15) is 31.7 Å². The van der Waals surface area contributed by atoms with Crippen LogP contribution in [-0.2, 0) is 6.54 Å². The minimum absolute atomic E-state index is 0.109. The number of ether oxygens (including phenoxy) is 1. The van der Waals surface area contributed by atoms with Crippen molar-refractivity contribution >= 4 is 33.6 Å². The van der Waals surface area contributed by atoms with Crippen LogP contribution in [0.25, 0.3) is 27.8 Å². The molecule has 11 heteroatoms. The van der Waals surface area contributed by atoms with Gasteiger partial charge in [0.1, 0.15) is 11.5 Å². The van der Waals surface area contributed by atoms with Crippen LogP contribution in [0.15, 0.2) is 66.2 Å². The highest BCUT2D eigenvalue weighted by atomic mass is 16.5. The quantitative estimate of drug-likeness (QED) is 0.296. The summed E-state index contributed by atoms with van der Waals surface area (Å²) >= 11 is 0. The summed E-state index contributed by atoms with van der Waals surface area (Å²) in [5.74, 6) is 1.43. The van der Waals surface area contributed by atoms with Gasteiger partial charge in [0.2, 0.25) is 11.8 Å². The molecule has 2 N–H and O–H groups in total. The second-order valence-corrected chi connectivity index (χ2v) is 10.0. The van der Waals surface area contributed by atoms with Gasteiger partial charge in [0.05, 0.1) is 24.3 Å². The fourth-order valence-electron chi connectivity index (χ4n) is 5.15. The number of nitrogens with zero attached hydrogens (tertiary/aromatic N) is 7. The third kappa shape index (κ3) is 4.44. The van der Waals surface area contributed by atoms with Gasteiger partial charge in [-0.15, -0.1) is 6.58 Å². The molecule has 1 saturated carbocycles. The van der Waals surface area contributed by atoms with Crippen LogP contribution >= 0.6 is 0 Å². The number of anilines is 2. The Labute approximate surface area is 224 Å². The van der Waals surface area contributed by atoms with Gasteiger partial charge in [-0.25, -0.2) is 14.3 Å². The summed E-state index contributed by atoms with van der Waals surface area (Å²) in [7, 11) is 0. The van der Waals surface area contributed by atoms with Crippen LogP contribution in [-0.4, -0.2) is 53.3 Å². The largest absolute Gasteiger partial charge is 0.474 e. The van der Waals surface area contributed by atoms with E-state index in [0.29, 0.717) is 41.3 Å². The molecule has 11 nitrogen and oxygen atoms in total. The average molecular weight is 524 g/mol. The number of benzene rings is 1. The number of nitrogens with one attached hydrogen (secondary N) is 2. The molecule has 0 spiro atoms. The minimum atomic E-state index is -0.211. The van der Waals surface area contributed by atoms with E-state index in [1.165, 1.54) is 12.8 Å². The molecule has 1 aromatic carbocycles. The Morgan fingerprint density at radius 1 is 1.10 bits per heavy atom. The number of rotatable bonds is 8. The normalized spacial score (nSPS) is 16.1. The van der Waals surface area contributed by atoms with Gasteiger partial charge in [-0.3, -0.25) is 9.48 Å². The minimum Gasteiger partial charge on any atom is -0.474 e.